The van der Waals surface area contributed by atoms with Crippen LogP contribution in [0.4, 0.5) is 0 Å². The Hall–Kier alpha value is -2.64. The topological polar surface area (TPSA) is 69.4 Å². The van der Waals surface area contributed by atoms with E-state index in [0.29, 0.717) is 11.5 Å². The molecule has 1 aromatic carbocycles. The van der Waals surface area contributed by atoms with Gasteiger partial charge in [0.15, 0.2) is 4.34 Å². The Kier molecular flexibility index (Phi) is 6.04. The van der Waals surface area contributed by atoms with Crippen LogP contribution < -0.4 is 10.2 Å². The van der Waals surface area contributed by atoms with Crippen molar-refractivity contribution in [1.82, 2.24) is 4.98 Å². The van der Waals surface area contributed by atoms with Gasteiger partial charge < -0.3 is 9.15 Å². The molecule has 0 amide bonds. The first kappa shape index (κ1) is 18.2. The maximum atomic E-state index is 12.1. The Morgan fingerprint density at radius 3 is 2.85 bits per heavy atom. The monoisotopic (exact) mass is 385 g/mol. The summed E-state index contributed by atoms with van der Waals surface area (Å²) in [5, 5.41) is 1.96. The lowest BCUT2D eigenvalue weighted by Crippen LogP contribution is -2.12. The fourth-order valence-electron chi connectivity index (χ4n) is 1.99. The number of rotatable bonds is 6. The van der Waals surface area contributed by atoms with Crippen molar-refractivity contribution in [2.75, 3.05) is 0 Å². The van der Waals surface area contributed by atoms with E-state index < -0.39 is 11.4 Å². The average Bonchev–Trinajstić information content (AvgIpc) is 3.06. The summed E-state index contributed by atoms with van der Waals surface area (Å²) in [6.45, 7) is 1.93. The van der Waals surface area contributed by atoms with Gasteiger partial charge in [-0.05, 0) is 18.6 Å². The van der Waals surface area contributed by atoms with E-state index in [1.54, 1.807) is 17.4 Å². The molecule has 0 saturated carbocycles. The third-order valence-electron chi connectivity index (χ3n) is 3.21. The zero-order valence-corrected chi connectivity index (χ0v) is 15.5. The van der Waals surface area contributed by atoms with Gasteiger partial charge in [-0.25, -0.2) is 9.78 Å². The number of ether oxygens (including phenoxy) is 1. The zero-order valence-electron chi connectivity index (χ0n) is 13.9. The van der Waals surface area contributed by atoms with E-state index in [2.05, 4.69) is 4.98 Å². The molecule has 0 bridgehead atoms. The first-order chi connectivity index (χ1) is 12.6. The van der Waals surface area contributed by atoms with E-state index in [9.17, 15) is 9.59 Å². The number of thioether (sulfide) groups is 1. The fraction of sp³-hybridized carbons (Fsp3) is 0.105. The Morgan fingerprint density at radius 2 is 2.15 bits per heavy atom. The summed E-state index contributed by atoms with van der Waals surface area (Å²) in [7, 11) is 0. The molecule has 2 aromatic heterocycles. The van der Waals surface area contributed by atoms with Crippen molar-refractivity contribution in [3.63, 3.8) is 0 Å². The molecule has 2 heterocycles. The molecule has 0 saturated heterocycles. The number of hydrogen-bond donors (Lipinski definition) is 0. The van der Waals surface area contributed by atoms with Crippen molar-refractivity contribution < 1.29 is 13.9 Å². The lowest BCUT2D eigenvalue weighted by Gasteiger charge is -2.02. The number of esters is 1. The largest absolute Gasteiger partial charge is 0.464 e. The first-order valence-corrected chi connectivity index (χ1v) is 9.58. The van der Waals surface area contributed by atoms with E-state index in [4.69, 9.17) is 9.15 Å². The molecule has 0 aliphatic carbocycles. The van der Waals surface area contributed by atoms with Gasteiger partial charge in [0, 0.05) is 23.2 Å². The third-order valence-corrected chi connectivity index (χ3v) is 5.37. The fourth-order valence-corrected chi connectivity index (χ4v) is 3.73. The van der Waals surface area contributed by atoms with Crippen molar-refractivity contribution in [1.29, 1.82) is 0 Å². The van der Waals surface area contributed by atoms with Crippen molar-refractivity contribution in [2.45, 2.75) is 17.0 Å². The van der Waals surface area contributed by atoms with Crippen LogP contribution in [-0.2, 0) is 10.5 Å². The number of benzene rings is 1. The summed E-state index contributed by atoms with van der Waals surface area (Å²) in [6.07, 6.45) is 4.05. The van der Waals surface area contributed by atoms with Gasteiger partial charge in [0.1, 0.15) is 12.0 Å². The Balaban J connectivity index is 1.59. The van der Waals surface area contributed by atoms with Crippen LogP contribution in [-0.4, -0.2) is 11.0 Å². The maximum Gasteiger partial charge on any atom is 0.336 e. The highest BCUT2D eigenvalue weighted by Gasteiger charge is 2.09. The summed E-state index contributed by atoms with van der Waals surface area (Å²) < 4.78 is 11.3. The SMILES string of the molecule is Cc1csc(SCc2cc(=O)c(OC(=O)C=Cc3ccccc3)co2)n1. The summed E-state index contributed by atoms with van der Waals surface area (Å²) in [5.74, 6) is 0.199. The van der Waals surface area contributed by atoms with E-state index in [1.807, 2.05) is 42.6 Å². The molecule has 0 spiro atoms. The summed E-state index contributed by atoms with van der Waals surface area (Å²) in [5.41, 5.74) is 1.43. The minimum absolute atomic E-state index is 0.133. The van der Waals surface area contributed by atoms with Gasteiger partial charge in [0.2, 0.25) is 11.2 Å². The highest BCUT2D eigenvalue weighted by molar-refractivity contribution is 8.00. The Morgan fingerprint density at radius 1 is 1.35 bits per heavy atom. The minimum atomic E-state index is -0.637. The second-order valence-corrected chi connectivity index (χ2v) is 7.36. The van der Waals surface area contributed by atoms with Gasteiger partial charge in [0.25, 0.3) is 0 Å². The standard InChI is InChI=1S/C19H15NO4S2/c1-13-11-25-19(20-13)26-12-15-9-16(21)17(10-23-15)24-18(22)8-7-14-5-3-2-4-6-14/h2-11H,12H2,1H3. The van der Waals surface area contributed by atoms with E-state index in [-0.39, 0.29) is 5.75 Å². The lowest BCUT2D eigenvalue weighted by molar-refractivity contribution is -0.129. The highest BCUT2D eigenvalue weighted by Crippen LogP contribution is 2.25. The molecule has 0 radical (unpaired) electrons. The van der Waals surface area contributed by atoms with Crippen LogP contribution in [0.2, 0.25) is 0 Å². The van der Waals surface area contributed by atoms with Crippen LogP contribution in [0.3, 0.4) is 0 Å². The summed E-state index contributed by atoms with van der Waals surface area (Å²) >= 11 is 3.03. The molecule has 0 unspecified atom stereocenters. The Labute approximate surface area is 158 Å². The van der Waals surface area contributed by atoms with Gasteiger partial charge in [-0.15, -0.1) is 11.3 Å². The molecule has 0 N–H and O–H groups in total. The van der Waals surface area contributed by atoms with Crippen LogP contribution >= 0.6 is 23.1 Å². The highest BCUT2D eigenvalue weighted by atomic mass is 32.2. The normalized spacial score (nSPS) is 11.0. The molecular weight excluding hydrogens is 370 g/mol. The van der Waals surface area contributed by atoms with Crippen LogP contribution in [0, 0.1) is 6.92 Å². The molecule has 132 valence electrons. The second-order valence-electron chi connectivity index (χ2n) is 5.28. The molecule has 0 aliphatic heterocycles. The summed E-state index contributed by atoms with van der Waals surface area (Å²) in [4.78, 5) is 28.3. The predicted octanol–water partition coefficient (Wildman–Crippen LogP) is 4.32. The molecule has 7 heteroatoms. The van der Waals surface area contributed by atoms with E-state index in [0.717, 1.165) is 15.6 Å². The number of nitrogens with zero attached hydrogens (tertiary/aromatic N) is 1. The van der Waals surface area contributed by atoms with Crippen LogP contribution in [0.15, 0.2) is 67.7 Å². The van der Waals surface area contributed by atoms with Gasteiger partial charge in [-0.2, -0.15) is 0 Å². The molecule has 5 nitrogen and oxygen atoms in total. The van der Waals surface area contributed by atoms with Crippen LogP contribution in [0.5, 0.6) is 5.75 Å². The van der Waals surface area contributed by atoms with Gasteiger partial charge in [0.05, 0.1) is 5.75 Å². The number of hydrogen-bond acceptors (Lipinski definition) is 7. The molecular formula is C19H15NO4S2. The number of aromatic nitrogens is 1. The molecule has 0 atom stereocenters. The molecule has 0 fully saturated rings. The Bertz CT molecular complexity index is 976. The molecule has 3 aromatic rings. The smallest absolute Gasteiger partial charge is 0.336 e. The van der Waals surface area contributed by atoms with Crippen molar-refractivity contribution in [3.05, 3.63) is 81.4 Å². The molecule has 26 heavy (non-hydrogen) atoms. The van der Waals surface area contributed by atoms with E-state index in [1.165, 1.54) is 30.2 Å². The van der Waals surface area contributed by atoms with Crippen molar-refractivity contribution in [3.8, 4) is 5.75 Å². The van der Waals surface area contributed by atoms with E-state index >= 15 is 0 Å². The van der Waals surface area contributed by atoms with Crippen LogP contribution in [0.1, 0.15) is 17.0 Å². The number of carbonyl (C=O) groups is 1. The van der Waals surface area contributed by atoms with Gasteiger partial charge in [-0.3, -0.25) is 4.79 Å². The number of carbonyl (C=O) groups excluding carboxylic acids is 1. The number of aryl methyl sites for hydroxylation is 1. The summed E-state index contributed by atoms with van der Waals surface area (Å²) in [6, 6.07) is 10.7. The minimum Gasteiger partial charge on any atom is -0.464 e. The van der Waals surface area contributed by atoms with Crippen molar-refractivity contribution in [2.24, 2.45) is 0 Å². The first-order valence-electron chi connectivity index (χ1n) is 7.72. The van der Waals surface area contributed by atoms with Crippen LogP contribution in [0.25, 0.3) is 6.08 Å². The average molecular weight is 385 g/mol. The second kappa shape index (κ2) is 8.64. The van der Waals surface area contributed by atoms with Crippen molar-refractivity contribution >= 4 is 35.1 Å². The maximum absolute atomic E-state index is 12.1. The molecule has 0 aliphatic rings. The van der Waals surface area contributed by atoms with Gasteiger partial charge in [-0.1, -0.05) is 42.1 Å². The third kappa shape index (κ3) is 5.18. The zero-order chi connectivity index (χ0) is 18.4. The predicted molar refractivity (Wildman–Crippen MR) is 103 cm³/mol. The molecule has 3 rings (SSSR count). The number of thiazole rings is 1. The lowest BCUT2D eigenvalue weighted by atomic mass is 10.2. The quantitative estimate of drug-likeness (QED) is 0.358. The van der Waals surface area contributed by atoms with Gasteiger partial charge >= 0.3 is 5.97 Å².